The molecule has 21 heavy (non-hydrogen) atoms. The number of ether oxygens (including phenoxy) is 1. The van der Waals surface area contributed by atoms with Crippen LogP contribution in [0.1, 0.15) is 38.0 Å². The minimum Gasteiger partial charge on any atom is -0.464 e. The maximum absolute atomic E-state index is 13.7. The standard InChI is InChI=1S/C14H15BrClFN2O2/c1-4-21-14(20)8(3)19-12-5-9(15)10(17)6-11(12)18-13(19)7(2)16/h5-8H,4H2,1-3H3. The summed E-state index contributed by atoms with van der Waals surface area (Å²) in [4.78, 5) is 16.4. The van der Waals surface area contributed by atoms with Crippen molar-refractivity contribution < 1.29 is 13.9 Å². The first kappa shape index (κ1) is 16.2. The molecular formula is C14H15BrClFN2O2. The summed E-state index contributed by atoms with van der Waals surface area (Å²) in [6, 6.07) is 2.32. The zero-order chi connectivity index (χ0) is 15.7. The molecule has 7 heteroatoms. The number of esters is 1. The van der Waals surface area contributed by atoms with Crippen LogP contribution < -0.4 is 0 Å². The fraction of sp³-hybridized carbons (Fsp3) is 0.429. The highest BCUT2D eigenvalue weighted by Gasteiger charge is 2.25. The van der Waals surface area contributed by atoms with E-state index >= 15 is 0 Å². The third kappa shape index (κ3) is 3.06. The lowest BCUT2D eigenvalue weighted by atomic mass is 10.2. The van der Waals surface area contributed by atoms with Gasteiger partial charge in [-0.2, -0.15) is 0 Å². The van der Waals surface area contributed by atoms with Crippen molar-refractivity contribution in [2.45, 2.75) is 32.2 Å². The Morgan fingerprint density at radius 3 is 2.76 bits per heavy atom. The molecular weight excluding hydrogens is 363 g/mol. The van der Waals surface area contributed by atoms with Gasteiger partial charge in [0.1, 0.15) is 17.7 Å². The minimum atomic E-state index is -0.594. The van der Waals surface area contributed by atoms with Gasteiger partial charge in [-0.1, -0.05) is 0 Å². The summed E-state index contributed by atoms with van der Waals surface area (Å²) in [7, 11) is 0. The molecule has 0 aliphatic heterocycles. The summed E-state index contributed by atoms with van der Waals surface area (Å²) in [6.07, 6.45) is 0. The number of nitrogens with zero attached hydrogens (tertiary/aromatic N) is 2. The maximum Gasteiger partial charge on any atom is 0.328 e. The Labute approximate surface area is 135 Å². The van der Waals surface area contributed by atoms with Crippen LogP contribution in [0.25, 0.3) is 11.0 Å². The van der Waals surface area contributed by atoms with E-state index in [-0.39, 0.29) is 5.97 Å². The number of rotatable bonds is 4. The summed E-state index contributed by atoms with van der Waals surface area (Å²) in [5.41, 5.74) is 1.08. The van der Waals surface area contributed by atoms with Crippen LogP contribution in [0.4, 0.5) is 4.39 Å². The van der Waals surface area contributed by atoms with E-state index in [1.165, 1.54) is 6.07 Å². The summed E-state index contributed by atoms with van der Waals surface area (Å²) in [6.45, 7) is 5.50. The highest BCUT2D eigenvalue weighted by atomic mass is 79.9. The molecule has 2 atom stereocenters. The topological polar surface area (TPSA) is 44.1 Å². The van der Waals surface area contributed by atoms with Gasteiger partial charge >= 0.3 is 5.97 Å². The Morgan fingerprint density at radius 2 is 2.19 bits per heavy atom. The van der Waals surface area contributed by atoms with Gasteiger partial charge in [0.15, 0.2) is 0 Å². The van der Waals surface area contributed by atoms with Gasteiger partial charge in [-0.25, -0.2) is 14.2 Å². The Balaban J connectivity index is 2.66. The molecule has 0 spiro atoms. The smallest absolute Gasteiger partial charge is 0.328 e. The van der Waals surface area contributed by atoms with E-state index in [1.54, 1.807) is 31.4 Å². The number of halogens is 3. The highest BCUT2D eigenvalue weighted by molar-refractivity contribution is 9.10. The first-order valence-electron chi connectivity index (χ1n) is 6.54. The van der Waals surface area contributed by atoms with Crippen LogP contribution >= 0.6 is 27.5 Å². The molecule has 2 unspecified atom stereocenters. The van der Waals surface area contributed by atoms with Gasteiger partial charge in [-0.15, -0.1) is 11.6 Å². The molecule has 0 aliphatic carbocycles. The number of fused-ring (bicyclic) bond motifs is 1. The third-order valence-electron chi connectivity index (χ3n) is 3.13. The quantitative estimate of drug-likeness (QED) is 0.587. The van der Waals surface area contributed by atoms with Gasteiger partial charge in [-0.3, -0.25) is 0 Å². The first-order valence-corrected chi connectivity index (χ1v) is 7.77. The number of benzene rings is 1. The second kappa shape index (κ2) is 6.32. The van der Waals surface area contributed by atoms with Crippen LogP contribution in [0.2, 0.25) is 0 Å². The lowest BCUT2D eigenvalue weighted by molar-refractivity contribution is -0.146. The van der Waals surface area contributed by atoms with Gasteiger partial charge < -0.3 is 9.30 Å². The van der Waals surface area contributed by atoms with Gasteiger partial charge in [0.25, 0.3) is 0 Å². The summed E-state index contributed by atoms with van der Waals surface area (Å²) in [5, 5.41) is -0.420. The zero-order valence-electron chi connectivity index (χ0n) is 11.9. The van der Waals surface area contributed by atoms with Gasteiger partial charge in [0.05, 0.1) is 27.5 Å². The van der Waals surface area contributed by atoms with E-state index in [0.717, 1.165) is 0 Å². The average Bonchev–Trinajstić information content (AvgIpc) is 2.77. The number of imidazole rings is 1. The van der Waals surface area contributed by atoms with E-state index in [1.807, 2.05) is 0 Å². The monoisotopic (exact) mass is 376 g/mol. The van der Waals surface area contributed by atoms with Crippen molar-refractivity contribution in [1.29, 1.82) is 0 Å². The van der Waals surface area contributed by atoms with Crippen LogP contribution in [0.5, 0.6) is 0 Å². The third-order valence-corrected chi connectivity index (χ3v) is 3.93. The molecule has 2 aromatic rings. The van der Waals surface area contributed by atoms with Crippen molar-refractivity contribution >= 4 is 44.5 Å². The van der Waals surface area contributed by atoms with Gasteiger partial charge in [-0.05, 0) is 42.8 Å². The molecule has 0 bridgehead atoms. The fourth-order valence-corrected chi connectivity index (χ4v) is 2.65. The number of hydrogen-bond acceptors (Lipinski definition) is 3. The van der Waals surface area contributed by atoms with Crippen LogP contribution in [0, 0.1) is 5.82 Å². The van der Waals surface area contributed by atoms with Crippen molar-refractivity contribution in [3.05, 3.63) is 28.2 Å². The average molecular weight is 378 g/mol. The van der Waals surface area contributed by atoms with Crippen LogP contribution in [0.3, 0.4) is 0 Å². The largest absolute Gasteiger partial charge is 0.464 e. The van der Waals surface area contributed by atoms with Crippen LogP contribution in [0.15, 0.2) is 16.6 Å². The Bertz CT molecular complexity index is 687. The lowest BCUT2D eigenvalue weighted by Crippen LogP contribution is -2.21. The van der Waals surface area contributed by atoms with Crippen molar-refractivity contribution in [2.75, 3.05) is 6.61 Å². The SMILES string of the molecule is CCOC(=O)C(C)n1c(C(C)Cl)nc2cc(F)c(Br)cc21. The molecule has 0 aliphatic rings. The molecule has 0 amide bonds. The fourth-order valence-electron chi connectivity index (χ4n) is 2.16. The van der Waals surface area contributed by atoms with Crippen LogP contribution in [-0.2, 0) is 9.53 Å². The van der Waals surface area contributed by atoms with Crippen molar-refractivity contribution in [3.8, 4) is 0 Å². The predicted octanol–water partition coefficient (Wildman–Crippen LogP) is 4.36. The van der Waals surface area contributed by atoms with E-state index in [2.05, 4.69) is 20.9 Å². The molecule has 0 N–H and O–H groups in total. The molecule has 2 rings (SSSR count). The van der Waals surface area contributed by atoms with Crippen molar-refractivity contribution in [2.24, 2.45) is 0 Å². The van der Waals surface area contributed by atoms with E-state index in [4.69, 9.17) is 16.3 Å². The Kier molecular flexibility index (Phi) is 4.88. The minimum absolute atomic E-state index is 0.292. The number of hydrogen-bond donors (Lipinski definition) is 0. The first-order chi connectivity index (χ1) is 9.86. The molecule has 1 heterocycles. The molecule has 0 saturated heterocycles. The molecule has 0 radical (unpaired) electrons. The lowest BCUT2D eigenvalue weighted by Gasteiger charge is -2.17. The van der Waals surface area contributed by atoms with E-state index < -0.39 is 17.2 Å². The normalized spacial score (nSPS) is 14.2. The van der Waals surface area contributed by atoms with Crippen molar-refractivity contribution in [3.63, 3.8) is 0 Å². The predicted molar refractivity (Wildman–Crippen MR) is 83.0 cm³/mol. The Morgan fingerprint density at radius 1 is 1.52 bits per heavy atom. The van der Waals surface area contributed by atoms with E-state index in [9.17, 15) is 9.18 Å². The van der Waals surface area contributed by atoms with Crippen molar-refractivity contribution in [1.82, 2.24) is 9.55 Å². The summed E-state index contributed by atoms with van der Waals surface area (Å²) in [5.74, 6) is -0.287. The molecule has 114 valence electrons. The van der Waals surface area contributed by atoms with Gasteiger partial charge in [0.2, 0.25) is 0 Å². The molecule has 0 fully saturated rings. The van der Waals surface area contributed by atoms with E-state index in [0.29, 0.717) is 27.9 Å². The van der Waals surface area contributed by atoms with Gasteiger partial charge in [0, 0.05) is 6.07 Å². The molecule has 1 aromatic heterocycles. The van der Waals surface area contributed by atoms with Crippen LogP contribution in [-0.4, -0.2) is 22.1 Å². The zero-order valence-corrected chi connectivity index (χ0v) is 14.2. The molecule has 0 saturated carbocycles. The second-order valence-electron chi connectivity index (χ2n) is 4.64. The number of carbonyl (C=O) groups excluding carboxylic acids is 1. The maximum atomic E-state index is 13.7. The summed E-state index contributed by atoms with van der Waals surface area (Å²) < 4.78 is 20.7. The second-order valence-corrected chi connectivity index (χ2v) is 6.15. The molecule has 1 aromatic carbocycles. The summed E-state index contributed by atoms with van der Waals surface area (Å²) >= 11 is 9.29. The molecule has 4 nitrogen and oxygen atoms in total. The number of aromatic nitrogens is 2. The Hall–Kier alpha value is -1.14. The highest BCUT2D eigenvalue weighted by Crippen LogP contribution is 2.31. The number of alkyl halides is 1. The number of carbonyl (C=O) groups is 1.